The van der Waals surface area contributed by atoms with Gasteiger partial charge in [-0.05, 0) is 55.5 Å². The van der Waals surface area contributed by atoms with Crippen LogP contribution in [0.15, 0.2) is 83.3 Å². The van der Waals surface area contributed by atoms with Crippen molar-refractivity contribution in [2.75, 3.05) is 0 Å². The molecule has 2 aliphatic rings. The van der Waals surface area contributed by atoms with Crippen molar-refractivity contribution >= 4 is 34.5 Å². The summed E-state index contributed by atoms with van der Waals surface area (Å²) in [4.78, 5) is 0. The molecule has 0 N–H and O–H groups in total. The van der Waals surface area contributed by atoms with Crippen LogP contribution in [0, 0.1) is 0 Å². The standard InChI is InChI=1S/C33H31BO3/c1-31(2)25-17-8-7-12-24(25)28-20(13-10-18-26(28)31)21-14-9-15-22-23-16-11-19-27(30(23)35-29(21)22)34-36-32(3,4)33(5,6)37-34/h7-19H,1-6H3. The predicted octanol–water partition coefficient (Wildman–Crippen LogP) is 7.86. The molecule has 5 aromatic rings. The average Bonchev–Trinajstić information content (AvgIpc) is 3.44. The smallest absolute Gasteiger partial charge is 0.456 e. The molecule has 0 unspecified atom stereocenters. The zero-order chi connectivity index (χ0) is 25.7. The van der Waals surface area contributed by atoms with E-state index < -0.39 is 18.3 Å². The van der Waals surface area contributed by atoms with Crippen LogP contribution in [0.5, 0.6) is 0 Å². The molecule has 0 atom stereocenters. The van der Waals surface area contributed by atoms with Gasteiger partial charge in [0.1, 0.15) is 11.2 Å². The van der Waals surface area contributed by atoms with Crippen LogP contribution in [0.25, 0.3) is 44.2 Å². The van der Waals surface area contributed by atoms with Gasteiger partial charge in [-0.3, -0.25) is 0 Å². The van der Waals surface area contributed by atoms with E-state index in [2.05, 4.69) is 120 Å². The summed E-state index contributed by atoms with van der Waals surface area (Å²) in [5.74, 6) is 0. The lowest BCUT2D eigenvalue weighted by atomic mass is 9.78. The first-order valence-corrected chi connectivity index (χ1v) is 13.1. The molecule has 184 valence electrons. The molecule has 3 nitrogen and oxygen atoms in total. The molecule has 4 heteroatoms. The molecule has 7 rings (SSSR count). The maximum Gasteiger partial charge on any atom is 0.498 e. The number of hydrogen-bond donors (Lipinski definition) is 0. The Morgan fingerprint density at radius 1 is 0.541 bits per heavy atom. The second-order valence-corrected chi connectivity index (χ2v) is 12.0. The normalized spacial score (nSPS) is 18.9. The Morgan fingerprint density at radius 3 is 1.86 bits per heavy atom. The van der Waals surface area contributed by atoms with Gasteiger partial charge in [0.25, 0.3) is 0 Å². The van der Waals surface area contributed by atoms with Crippen molar-refractivity contribution in [3.63, 3.8) is 0 Å². The molecule has 1 saturated heterocycles. The van der Waals surface area contributed by atoms with Crippen molar-refractivity contribution in [2.45, 2.75) is 58.2 Å². The SMILES string of the molecule is CC1(C)c2ccccc2-c2c(-c3cccc4c3oc3c(B5OC(C)(C)C(C)(C)O5)cccc34)cccc21. The molecular formula is C33H31BO3. The fourth-order valence-corrected chi connectivity index (χ4v) is 6.19. The molecule has 1 aliphatic heterocycles. The van der Waals surface area contributed by atoms with Crippen LogP contribution in [0.2, 0.25) is 0 Å². The number of hydrogen-bond acceptors (Lipinski definition) is 3. The van der Waals surface area contributed by atoms with E-state index in [0.717, 1.165) is 33.0 Å². The zero-order valence-corrected chi connectivity index (χ0v) is 22.3. The summed E-state index contributed by atoms with van der Waals surface area (Å²) in [5.41, 5.74) is 9.45. The molecular weight excluding hydrogens is 455 g/mol. The number of benzene rings is 4. The summed E-state index contributed by atoms with van der Waals surface area (Å²) >= 11 is 0. The van der Waals surface area contributed by atoms with E-state index in [9.17, 15) is 0 Å². The minimum absolute atomic E-state index is 0.0480. The lowest BCUT2D eigenvalue weighted by Gasteiger charge is -2.32. The van der Waals surface area contributed by atoms with Gasteiger partial charge in [0.05, 0.1) is 11.2 Å². The third-order valence-corrected chi connectivity index (χ3v) is 8.96. The van der Waals surface area contributed by atoms with Crippen molar-refractivity contribution < 1.29 is 13.7 Å². The molecule has 0 saturated carbocycles. The van der Waals surface area contributed by atoms with Crippen LogP contribution >= 0.6 is 0 Å². The van der Waals surface area contributed by atoms with E-state index in [1.807, 2.05) is 0 Å². The quantitative estimate of drug-likeness (QED) is 0.238. The Morgan fingerprint density at radius 2 is 1.11 bits per heavy atom. The van der Waals surface area contributed by atoms with E-state index in [1.165, 1.54) is 27.8 Å². The van der Waals surface area contributed by atoms with E-state index in [-0.39, 0.29) is 5.41 Å². The molecule has 37 heavy (non-hydrogen) atoms. The Labute approximate surface area is 218 Å². The summed E-state index contributed by atoms with van der Waals surface area (Å²) in [6, 6.07) is 28.2. The third kappa shape index (κ3) is 3.03. The van der Waals surface area contributed by atoms with Crippen LogP contribution in [0.4, 0.5) is 0 Å². The van der Waals surface area contributed by atoms with E-state index in [0.29, 0.717) is 0 Å². The van der Waals surface area contributed by atoms with Crippen LogP contribution in [0.1, 0.15) is 52.7 Å². The first-order valence-electron chi connectivity index (χ1n) is 13.1. The molecule has 4 aromatic carbocycles. The Balaban J connectivity index is 1.47. The van der Waals surface area contributed by atoms with Gasteiger partial charge in [0, 0.05) is 27.2 Å². The van der Waals surface area contributed by atoms with Gasteiger partial charge in [0.2, 0.25) is 0 Å². The minimum atomic E-state index is -0.480. The molecule has 0 amide bonds. The van der Waals surface area contributed by atoms with Crippen molar-refractivity contribution in [3.05, 3.63) is 90.0 Å². The van der Waals surface area contributed by atoms with Gasteiger partial charge < -0.3 is 13.7 Å². The molecule has 1 aromatic heterocycles. The Bertz CT molecular complexity index is 1710. The summed E-state index contributed by atoms with van der Waals surface area (Å²) in [6.45, 7) is 13.0. The van der Waals surface area contributed by atoms with Crippen molar-refractivity contribution in [3.8, 4) is 22.3 Å². The lowest BCUT2D eigenvalue weighted by Crippen LogP contribution is -2.41. The summed E-state index contributed by atoms with van der Waals surface area (Å²) in [6.07, 6.45) is 0. The number of rotatable bonds is 2. The second kappa shape index (κ2) is 7.37. The summed E-state index contributed by atoms with van der Waals surface area (Å²) in [5, 5.41) is 2.19. The van der Waals surface area contributed by atoms with Gasteiger partial charge in [-0.25, -0.2) is 0 Å². The van der Waals surface area contributed by atoms with E-state index in [1.54, 1.807) is 0 Å². The van der Waals surface area contributed by atoms with Crippen molar-refractivity contribution in [2.24, 2.45) is 0 Å². The summed E-state index contributed by atoms with van der Waals surface area (Å²) in [7, 11) is -0.480. The predicted molar refractivity (Wildman–Crippen MR) is 152 cm³/mol. The maximum atomic E-state index is 6.76. The zero-order valence-electron chi connectivity index (χ0n) is 22.3. The molecule has 0 radical (unpaired) electrons. The van der Waals surface area contributed by atoms with Crippen molar-refractivity contribution in [1.82, 2.24) is 0 Å². The number of para-hydroxylation sites is 2. The van der Waals surface area contributed by atoms with E-state index >= 15 is 0 Å². The van der Waals surface area contributed by atoms with Crippen molar-refractivity contribution in [1.29, 1.82) is 0 Å². The molecule has 1 aliphatic carbocycles. The average molecular weight is 486 g/mol. The van der Waals surface area contributed by atoms with Gasteiger partial charge in [-0.1, -0.05) is 92.7 Å². The number of fused-ring (bicyclic) bond motifs is 6. The molecule has 2 heterocycles. The van der Waals surface area contributed by atoms with Gasteiger partial charge in [-0.2, -0.15) is 0 Å². The highest BCUT2D eigenvalue weighted by Crippen LogP contribution is 2.52. The largest absolute Gasteiger partial charge is 0.498 e. The molecule has 0 spiro atoms. The van der Waals surface area contributed by atoms with Crippen LogP contribution in [0.3, 0.4) is 0 Å². The van der Waals surface area contributed by atoms with Gasteiger partial charge in [0.15, 0.2) is 0 Å². The highest BCUT2D eigenvalue weighted by atomic mass is 16.7. The van der Waals surface area contributed by atoms with Crippen LogP contribution in [-0.2, 0) is 14.7 Å². The van der Waals surface area contributed by atoms with Gasteiger partial charge >= 0.3 is 7.12 Å². The van der Waals surface area contributed by atoms with Crippen LogP contribution in [-0.4, -0.2) is 18.3 Å². The van der Waals surface area contributed by atoms with Crippen LogP contribution < -0.4 is 5.46 Å². The first kappa shape index (κ1) is 22.8. The highest BCUT2D eigenvalue weighted by Gasteiger charge is 2.52. The third-order valence-electron chi connectivity index (χ3n) is 8.96. The lowest BCUT2D eigenvalue weighted by molar-refractivity contribution is 0.00578. The molecule has 0 bridgehead atoms. The summed E-state index contributed by atoms with van der Waals surface area (Å²) < 4.78 is 19.6. The number of furan rings is 1. The topological polar surface area (TPSA) is 31.6 Å². The highest BCUT2D eigenvalue weighted by molar-refractivity contribution is 6.65. The van der Waals surface area contributed by atoms with Gasteiger partial charge in [-0.15, -0.1) is 0 Å². The van der Waals surface area contributed by atoms with E-state index in [4.69, 9.17) is 13.7 Å². The Hall–Kier alpha value is -3.34. The fraction of sp³-hybridized carbons (Fsp3) is 0.273. The minimum Gasteiger partial charge on any atom is -0.456 e. The monoisotopic (exact) mass is 486 g/mol. The first-order chi connectivity index (χ1) is 17.6. The maximum absolute atomic E-state index is 6.76. The fourth-order valence-electron chi connectivity index (χ4n) is 6.19. The molecule has 1 fully saturated rings. The Kier molecular flexibility index (Phi) is 4.55. The second-order valence-electron chi connectivity index (χ2n) is 12.0.